The van der Waals surface area contributed by atoms with E-state index in [4.69, 9.17) is 11.1 Å². The van der Waals surface area contributed by atoms with Crippen molar-refractivity contribution in [1.82, 2.24) is 14.9 Å². The second-order valence-electron chi connectivity index (χ2n) is 3.48. The molecule has 1 aromatic heterocycles. The Morgan fingerprint density at radius 3 is 2.74 bits per heavy atom. The quantitative estimate of drug-likeness (QED) is 0.595. The van der Waals surface area contributed by atoms with Crippen LogP contribution in [0.15, 0.2) is 16.9 Å². The Bertz CT molecular complexity index is 820. The van der Waals surface area contributed by atoms with Crippen LogP contribution in [0.4, 0.5) is 8.78 Å². The van der Waals surface area contributed by atoms with E-state index in [9.17, 15) is 13.6 Å². The second-order valence-corrected chi connectivity index (χ2v) is 3.86. The zero-order valence-corrected chi connectivity index (χ0v) is 9.96. The van der Waals surface area contributed by atoms with Gasteiger partial charge in [-0.15, -0.1) is 0 Å². The number of nitrogens with two attached hydrogens (primary N) is 1. The van der Waals surface area contributed by atoms with Crippen LogP contribution in [0.1, 0.15) is 5.56 Å². The van der Waals surface area contributed by atoms with Gasteiger partial charge in [0.1, 0.15) is 17.7 Å². The Balaban J connectivity index is 2.78. The lowest BCUT2D eigenvalue weighted by Crippen LogP contribution is -2.31. The molecule has 0 bridgehead atoms. The van der Waals surface area contributed by atoms with Crippen molar-refractivity contribution in [2.45, 2.75) is 0 Å². The van der Waals surface area contributed by atoms with Crippen molar-refractivity contribution in [2.75, 3.05) is 5.84 Å². The van der Waals surface area contributed by atoms with Crippen LogP contribution in [0.3, 0.4) is 0 Å². The fourth-order valence-corrected chi connectivity index (χ4v) is 1.53. The molecular formula is C10H5F2N5OS. The number of H-pyrrole nitrogens is 1. The molecule has 9 heteroatoms. The number of nitriles is 1. The van der Waals surface area contributed by atoms with E-state index in [1.807, 2.05) is 0 Å². The third kappa shape index (κ3) is 2.09. The molecule has 0 unspecified atom stereocenters. The highest BCUT2D eigenvalue weighted by atomic mass is 32.1. The average molecular weight is 281 g/mol. The van der Waals surface area contributed by atoms with Crippen molar-refractivity contribution in [1.29, 1.82) is 5.26 Å². The molecule has 2 rings (SSSR count). The van der Waals surface area contributed by atoms with Crippen LogP contribution in [0.2, 0.25) is 0 Å². The standard InChI is InChI=1S/C10H5F2N5OS/c11-6-2-5(7(12)1-4(6)3-13)8-9(18)17(14)10(19)16-15-8/h1-2H,14H2,(H,16,19). The van der Waals surface area contributed by atoms with E-state index in [2.05, 4.69) is 22.4 Å². The number of benzene rings is 1. The first kappa shape index (κ1) is 12.8. The summed E-state index contributed by atoms with van der Waals surface area (Å²) in [5.74, 6) is 3.39. The van der Waals surface area contributed by atoms with Gasteiger partial charge in [-0.2, -0.15) is 15.0 Å². The molecule has 19 heavy (non-hydrogen) atoms. The van der Waals surface area contributed by atoms with Crippen molar-refractivity contribution in [3.63, 3.8) is 0 Å². The predicted octanol–water partition coefficient (Wildman–Crippen LogP) is 0.832. The van der Waals surface area contributed by atoms with Gasteiger partial charge in [-0.25, -0.2) is 8.78 Å². The van der Waals surface area contributed by atoms with E-state index in [-0.39, 0.29) is 4.77 Å². The first-order valence-corrected chi connectivity index (χ1v) is 5.23. The third-order valence-corrected chi connectivity index (χ3v) is 2.62. The van der Waals surface area contributed by atoms with E-state index in [0.717, 1.165) is 0 Å². The number of nitrogens with one attached hydrogen (secondary N) is 1. The topological polar surface area (TPSA) is 100 Å². The van der Waals surface area contributed by atoms with Gasteiger partial charge in [-0.1, -0.05) is 0 Å². The Morgan fingerprint density at radius 2 is 2.11 bits per heavy atom. The SMILES string of the molecule is N#Cc1cc(F)c(-c2n[nH]c(=S)n(N)c2=O)cc1F. The van der Waals surface area contributed by atoms with E-state index >= 15 is 0 Å². The Labute approximate surface area is 109 Å². The number of aromatic amines is 1. The van der Waals surface area contributed by atoms with Crippen LogP contribution in [-0.2, 0) is 0 Å². The lowest BCUT2D eigenvalue weighted by molar-refractivity contribution is 0.598. The minimum atomic E-state index is -0.967. The van der Waals surface area contributed by atoms with E-state index < -0.39 is 34.0 Å². The number of nitrogens with zero attached hydrogens (tertiary/aromatic N) is 3. The average Bonchev–Trinajstić information content (AvgIpc) is 2.39. The molecule has 0 radical (unpaired) electrons. The molecule has 0 saturated carbocycles. The van der Waals surface area contributed by atoms with Crippen molar-refractivity contribution < 1.29 is 8.78 Å². The second kappa shape index (κ2) is 4.58. The molecule has 0 aliphatic heterocycles. The van der Waals surface area contributed by atoms with Crippen LogP contribution < -0.4 is 11.4 Å². The lowest BCUT2D eigenvalue weighted by atomic mass is 10.1. The smallest absolute Gasteiger partial charge is 0.299 e. The van der Waals surface area contributed by atoms with Gasteiger partial charge in [-0.3, -0.25) is 9.89 Å². The molecule has 0 fully saturated rings. The summed E-state index contributed by atoms with van der Waals surface area (Å²) >= 11 is 4.66. The van der Waals surface area contributed by atoms with Crippen LogP contribution in [0.25, 0.3) is 11.3 Å². The Kier molecular flexibility index (Phi) is 3.10. The van der Waals surface area contributed by atoms with Gasteiger partial charge in [0.2, 0.25) is 4.77 Å². The third-order valence-electron chi connectivity index (χ3n) is 2.34. The Morgan fingerprint density at radius 1 is 1.42 bits per heavy atom. The highest BCUT2D eigenvalue weighted by molar-refractivity contribution is 7.71. The van der Waals surface area contributed by atoms with Gasteiger partial charge in [0.15, 0.2) is 5.69 Å². The molecule has 0 saturated heterocycles. The number of halogens is 2. The lowest BCUT2D eigenvalue weighted by Gasteiger charge is -2.05. The van der Waals surface area contributed by atoms with Gasteiger partial charge in [-0.05, 0) is 24.4 Å². The number of nitrogen functional groups attached to an aromatic ring is 1. The summed E-state index contributed by atoms with van der Waals surface area (Å²) in [6.07, 6.45) is 0. The molecular weight excluding hydrogens is 276 g/mol. The Hall–Kier alpha value is -2.60. The van der Waals surface area contributed by atoms with Crippen LogP contribution >= 0.6 is 12.2 Å². The maximum absolute atomic E-state index is 13.7. The van der Waals surface area contributed by atoms with Gasteiger partial charge in [0.05, 0.1) is 5.56 Å². The summed E-state index contributed by atoms with van der Waals surface area (Å²) in [6.45, 7) is 0. The van der Waals surface area contributed by atoms with Crippen LogP contribution in [0, 0.1) is 27.7 Å². The molecule has 1 heterocycles. The molecule has 2 aromatic rings. The zero-order valence-electron chi connectivity index (χ0n) is 9.15. The molecule has 0 aliphatic carbocycles. The first-order valence-electron chi connectivity index (χ1n) is 4.82. The minimum absolute atomic E-state index is 0.164. The molecule has 0 atom stereocenters. The molecule has 1 aromatic carbocycles. The maximum atomic E-state index is 13.7. The highest BCUT2D eigenvalue weighted by Gasteiger charge is 2.16. The van der Waals surface area contributed by atoms with Crippen molar-refractivity contribution in [3.8, 4) is 17.3 Å². The molecule has 6 nitrogen and oxygen atoms in total. The number of hydrogen-bond donors (Lipinski definition) is 2. The van der Waals surface area contributed by atoms with E-state index in [1.165, 1.54) is 6.07 Å². The zero-order chi connectivity index (χ0) is 14.2. The monoisotopic (exact) mass is 281 g/mol. The number of hydrogen-bond acceptors (Lipinski definition) is 5. The largest absolute Gasteiger partial charge is 0.334 e. The predicted molar refractivity (Wildman–Crippen MR) is 63.9 cm³/mol. The van der Waals surface area contributed by atoms with Gasteiger partial charge < -0.3 is 5.84 Å². The molecule has 0 amide bonds. The van der Waals surface area contributed by atoms with Gasteiger partial charge in [0, 0.05) is 5.56 Å². The summed E-state index contributed by atoms with van der Waals surface area (Å²) in [4.78, 5) is 11.7. The van der Waals surface area contributed by atoms with Crippen molar-refractivity contribution >= 4 is 12.2 Å². The molecule has 0 aliphatic rings. The molecule has 96 valence electrons. The summed E-state index contributed by atoms with van der Waals surface area (Å²) in [5.41, 5.74) is -2.20. The summed E-state index contributed by atoms with van der Waals surface area (Å²) in [7, 11) is 0. The van der Waals surface area contributed by atoms with E-state index in [1.54, 1.807) is 0 Å². The van der Waals surface area contributed by atoms with Crippen LogP contribution in [0.5, 0.6) is 0 Å². The summed E-state index contributed by atoms with van der Waals surface area (Å²) < 4.78 is 27.6. The van der Waals surface area contributed by atoms with Gasteiger partial charge in [0.25, 0.3) is 5.56 Å². The van der Waals surface area contributed by atoms with Crippen molar-refractivity contribution in [3.05, 3.63) is 44.5 Å². The minimum Gasteiger partial charge on any atom is -0.334 e. The van der Waals surface area contributed by atoms with Crippen molar-refractivity contribution in [2.24, 2.45) is 0 Å². The number of aromatic nitrogens is 3. The van der Waals surface area contributed by atoms with Crippen LogP contribution in [-0.4, -0.2) is 14.9 Å². The van der Waals surface area contributed by atoms with E-state index in [0.29, 0.717) is 16.8 Å². The highest BCUT2D eigenvalue weighted by Crippen LogP contribution is 2.21. The summed E-state index contributed by atoms with van der Waals surface area (Å²) in [6, 6.07) is 2.86. The van der Waals surface area contributed by atoms with Gasteiger partial charge >= 0.3 is 0 Å². The fraction of sp³-hybridized carbons (Fsp3) is 0. The molecule has 3 N–H and O–H groups in total. The number of rotatable bonds is 1. The molecule has 0 spiro atoms. The normalized spacial score (nSPS) is 10.2. The maximum Gasteiger partial charge on any atom is 0.299 e. The first-order chi connectivity index (χ1) is 8.95. The fourth-order valence-electron chi connectivity index (χ4n) is 1.40. The summed E-state index contributed by atoms with van der Waals surface area (Å²) in [5, 5.41) is 14.3.